The van der Waals surface area contributed by atoms with Crippen LogP contribution in [0.2, 0.25) is 0 Å². The van der Waals surface area contributed by atoms with E-state index in [0.29, 0.717) is 45.0 Å². The molecule has 3 saturated heterocycles. The van der Waals surface area contributed by atoms with E-state index in [9.17, 15) is 14.0 Å². The normalized spacial score (nSPS) is 24.0. The predicted octanol–water partition coefficient (Wildman–Crippen LogP) is 2.96. The maximum absolute atomic E-state index is 14.6. The van der Waals surface area contributed by atoms with E-state index in [-0.39, 0.29) is 35.0 Å². The van der Waals surface area contributed by atoms with Gasteiger partial charge in [-0.2, -0.15) is 4.98 Å². The Morgan fingerprint density at radius 2 is 1.89 bits per heavy atom. The van der Waals surface area contributed by atoms with Crippen molar-refractivity contribution in [3.05, 3.63) is 41.6 Å². The van der Waals surface area contributed by atoms with Gasteiger partial charge in [0.25, 0.3) is 0 Å². The lowest BCUT2D eigenvalue weighted by atomic mass is 9.95. The quantitative estimate of drug-likeness (QED) is 0.664. The van der Waals surface area contributed by atoms with Crippen LogP contribution >= 0.6 is 0 Å². The summed E-state index contributed by atoms with van der Waals surface area (Å²) in [5.41, 5.74) is 1.64. The smallest absolute Gasteiger partial charge is 0.249 e. The van der Waals surface area contributed by atoms with Gasteiger partial charge in [0.15, 0.2) is 11.6 Å². The van der Waals surface area contributed by atoms with Gasteiger partial charge in [0.05, 0.1) is 24.3 Å². The van der Waals surface area contributed by atoms with E-state index >= 15 is 0 Å². The number of hydroxylamine groups is 2. The molecule has 2 aromatic heterocycles. The van der Waals surface area contributed by atoms with E-state index in [2.05, 4.69) is 15.0 Å². The summed E-state index contributed by atoms with van der Waals surface area (Å²) in [7, 11) is 0. The molecule has 2 aromatic rings. The first kappa shape index (κ1) is 22.3. The van der Waals surface area contributed by atoms with Crippen LogP contribution in [0, 0.1) is 24.1 Å². The second-order valence-electron chi connectivity index (χ2n) is 10.1. The fraction of sp³-hybridized carbons (Fsp3) is 0.560. The van der Waals surface area contributed by atoms with Gasteiger partial charge in [0.1, 0.15) is 0 Å². The molecule has 0 bridgehead atoms. The molecular formula is C25H29FN6O3. The highest BCUT2D eigenvalue weighted by Gasteiger charge is 2.56. The molecule has 10 heteroatoms. The Morgan fingerprint density at radius 3 is 2.57 bits per heavy atom. The lowest BCUT2D eigenvalue weighted by Crippen LogP contribution is -2.42. The Morgan fingerprint density at radius 1 is 1.09 bits per heavy atom. The van der Waals surface area contributed by atoms with E-state index < -0.39 is 5.82 Å². The van der Waals surface area contributed by atoms with Gasteiger partial charge in [-0.25, -0.2) is 14.4 Å². The van der Waals surface area contributed by atoms with Crippen molar-refractivity contribution in [1.29, 1.82) is 0 Å². The molecule has 0 unspecified atom stereocenters. The average molecular weight is 481 g/mol. The molecule has 0 radical (unpaired) electrons. The van der Waals surface area contributed by atoms with E-state index in [1.165, 1.54) is 9.96 Å². The zero-order valence-electron chi connectivity index (χ0n) is 19.8. The summed E-state index contributed by atoms with van der Waals surface area (Å²) in [5.74, 6) is -0.298. The first-order valence-corrected chi connectivity index (χ1v) is 12.4. The summed E-state index contributed by atoms with van der Waals surface area (Å²) < 4.78 is 14.6. The first-order valence-electron chi connectivity index (χ1n) is 12.4. The zero-order valence-corrected chi connectivity index (χ0v) is 19.8. The maximum Gasteiger partial charge on any atom is 0.249 e. The van der Waals surface area contributed by atoms with Crippen LogP contribution in [0.15, 0.2) is 24.5 Å². The number of halogens is 1. The highest BCUT2D eigenvalue weighted by molar-refractivity contribution is 6.01. The number of piperidine rings is 1. The van der Waals surface area contributed by atoms with Crippen molar-refractivity contribution in [1.82, 2.24) is 20.0 Å². The Hall–Kier alpha value is -3.14. The summed E-state index contributed by atoms with van der Waals surface area (Å²) in [5, 5.41) is 1.53. The molecule has 1 saturated carbocycles. The average Bonchev–Trinajstić information content (AvgIpc) is 3.39. The van der Waals surface area contributed by atoms with Crippen LogP contribution in [0.1, 0.15) is 55.8 Å². The van der Waals surface area contributed by atoms with Crippen LogP contribution in [-0.2, 0) is 14.4 Å². The fourth-order valence-electron chi connectivity index (χ4n) is 5.50. The standard InChI is InChI=1S/C25H29FN6O3/c1-16-2-3-18(14-27-16)20-6-13-35-32(20)22(33)17-4-10-30(11-5-17)24-28-15-19(26)21(29-24)31-12-9-25(7-8-25)23(31)34/h2-3,14-15,17,20H,4-13H2,1H3/t20-/m0/s1. The molecule has 1 atom stereocenters. The van der Waals surface area contributed by atoms with Gasteiger partial charge in [-0.1, -0.05) is 6.07 Å². The SMILES string of the molecule is Cc1ccc([C@@H]2CCON2C(=O)C2CCN(c3ncc(F)c(N4CCC5(CC5)C4=O)n3)CC2)cn1. The Labute approximate surface area is 203 Å². The molecule has 1 spiro atoms. The highest BCUT2D eigenvalue weighted by Crippen LogP contribution is 2.54. The molecule has 6 rings (SSSR count). The van der Waals surface area contributed by atoms with Crippen molar-refractivity contribution >= 4 is 23.6 Å². The number of pyridine rings is 1. The molecule has 4 fully saturated rings. The molecule has 184 valence electrons. The summed E-state index contributed by atoms with van der Waals surface area (Å²) in [4.78, 5) is 48.2. The van der Waals surface area contributed by atoms with Crippen LogP contribution in [0.3, 0.4) is 0 Å². The van der Waals surface area contributed by atoms with Gasteiger partial charge in [-0.05, 0) is 50.7 Å². The van der Waals surface area contributed by atoms with Gasteiger partial charge in [0, 0.05) is 43.9 Å². The minimum Gasteiger partial charge on any atom is -0.341 e. The van der Waals surface area contributed by atoms with Gasteiger partial charge in [-0.3, -0.25) is 24.3 Å². The summed E-state index contributed by atoms with van der Waals surface area (Å²) in [6, 6.07) is 3.83. The number of amides is 2. The number of nitrogens with zero attached hydrogens (tertiary/aromatic N) is 6. The van der Waals surface area contributed by atoms with Crippen LogP contribution in [0.4, 0.5) is 16.2 Å². The van der Waals surface area contributed by atoms with E-state index in [1.54, 1.807) is 0 Å². The molecule has 35 heavy (non-hydrogen) atoms. The topological polar surface area (TPSA) is 91.8 Å². The van der Waals surface area contributed by atoms with E-state index in [4.69, 9.17) is 4.84 Å². The van der Waals surface area contributed by atoms with Crippen molar-refractivity contribution in [2.45, 2.75) is 51.5 Å². The minimum atomic E-state index is -0.576. The molecule has 0 N–H and O–H groups in total. The molecule has 4 aliphatic rings. The molecular weight excluding hydrogens is 451 g/mol. The molecule has 9 nitrogen and oxygen atoms in total. The highest BCUT2D eigenvalue weighted by atomic mass is 19.1. The summed E-state index contributed by atoms with van der Waals surface area (Å²) in [6.45, 7) is 4.09. The number of carbonyl (C=O) groups excluding carboxylic acids is 2. The van der Waals surface area contributed by atoms with Crippen molar-refractivity contribution < 1.29 is 18.8 Å². The molecule has 3 aliphatic heterocycles. The van der Waals surface area contributed by atoms with Gasteiger partial charge >= 0.3 is 0 Å². The van der Waals surface area contributed by atoms with Crippen LogP contribution in [0.5, 0.6) is 0 Å². The van der Waals surface area contributed by atoms with Crippen molar-refractivity contribution in [2.75, 3.05) is 36.0 Å². The zero-order chi connectivity index (χ0) is 24.2. The molecule has 2 amide bonds. The number of hydrogen-bond donors (Lipinski definition) is 0. The van der Waals surface area contributed by atoms with Crippen molar-refractivity contribution in [3.8, 4) is 0 Å². The summed E-state index contributed by atoms with van der Waals surface area (Å²) >= 11 is 0. The van der Waals surface area contributed by atoms with E-state index in [1.807, 2.05) is 30.2 Å². The number of aromatic nitrogens is 3. The fourth-order valence-corrected chi connectivity index (χ4v) is 5.50. The number of rotatable bonds is 4. The molecule has 1 aliphatic carbocycles. The van der Waals surface area contributed by atoms with E-state index in [0.717, 1.165) is 43.1 Å². The van der Waals surface area contributed by atoms with Gasteiger partial charge < -0.3 is 4.90 Å². The lowest BCUT2D eigenvalue weighted by molar-refractivity contribution is -0.182. The third kappa shape index (κ3) is 3.93. The summed E-state index contributed by atoms with van der Waals surface area (Å²) in [6.07, 6.45) is 7.49. The van der Waals surface area contributed by atoms with Crippen molar-refractivity contribution in [3.63, 3.8) is 0 Å². The number of hydrogen-bond acceptors (Lipinski definition) is 7. The third-order valence-corrected chi connectivity index (χ3v) is 7.90. The number of anilines is 2. The van der Waals surface area contributed by atoms with Crippen LogP contribution < -0.4 is 9.80 Å². The maximum atomic E-state index is 14.6. The Bertz CT molecular complexity index is 1150. The number of carbonyl (C=O) groups is 2. The second-order valence-corrected chi connectivity index (χ2v) is 10.1. The monoisotopic (exact) mass is 480 g/mol. The third-order valence-electron chi connectivity index (χ3n) is 7.90. The predicted molar refractivity (Wildman–Crippen MR) is 125 cm³/mol. The Balaban J connectivity index is 1.12. The van der Waals surface area contributed by atoms with Gasteiger partial charge in [-0.15, -0.1) is 0 Å². The molecule has 5 heterocycles. The van der Waals surface area contributed by atoms with Crippen LogP contribution in [-0.4, -0.2) is 58.1 Å². The van der Waals surface area contributed by atoms with Crippen LogP contribution in [0.25, 0.3) is 0 Å². The Kier molecular flexibility index (Phi) is 5.43. The molecule has 0 aromatic carbocycles. The van der Waals surface area contributed by atoms with Gasteiger partial charge in [0.2, 0.25) is 17.8 Å². The second kappa shape index (κ2) is 8.51. The number of aryl methyl sites for hydroxylation is 1. The largest absolute Gasteiger partial charge is 0.341 e. The minimum absolute atomic E-state index is 0.00849. The lowest BCUT2D eigenvalue weighted by Gasteiger charge is -2.34. The van der Waals surface area contributed by atoms with Crippen molar-refractivity contribution in [2.24, 2.45) is 11.3 Å². The first-order chi connectivity index (χ1) is 16.9.